The number of carbonyl (C=O) groups is 2. The van der Waals surface area contributed by atoms with E-state index in [0.717, 1.165) is 0 Å². The van der Waals surface area contributed by atoms with Gasteiger partial charge in [0.25, 0.3) is 0 Å². The summed E-state index contributed by atoms with van der Waals surface area (Å²) in [6, 6.07) is 4.72. The molecule has 2 amide bonds. The fourth-order valence-corrected chi connectivity index (χ4v) is 1.75. The zero-order chi connectivity index (χ0) is 19.1. The second kappa shape index (κ2) is 9.24. The first-order chi connectivity index (χ1) is 11.6. The lowest BCUT2D eigenvalue weighted by Crippen LogP contribution is -2.28. The second-order valence-corrected chi connectivity index (χ2v) is 6.34. The zero-order valence-electron chi connectivity index (χ0n) is 15.6. The number of aliphatic hydroxyl groups is 1. The SMILES string of the molecule is CC(C)NCC(O)c1cc(OC(=O)N(C)C)cc(OC(=O)N(C)C)c1. The van der Waals surface area contributed by atoms with E-state index in [0.29, 0.717) is 12.1 Å². The lowest BCUT2D eigenvalue weighted by atomic mass is 10.1. The fourth-order valence-electron chi connectivity index (χ4n) is 1.75. The molecule has 0 spiro atoms. The first kappa shape index (κ1) is 20.7. The summed E-state index contributed by atoms with van der Waals surface area (Å²) in [4.78, 5) is 26.1. The molecule has 0 saturated heterocycles. The molecule has 1 aromatic rings. The van der Waals surface area contributed by atoms with Crippen LogP contribution >= 0.6 is 0 Å². The minimum Gasteiger partial charge on any atom is -0.410 e. The van der Waals surface area contributed by atoms with Crippen LogP contribution in [0.2, 0.25) is 0 Å². The maximum Gasteiger partial charge on any atom is 0.414 e. The molecule has 1 unspecified atom stereocenters. The average molecular weight is 353 g/mol. The van der Waals surface area contributed by atoms with Gasteiger partial charge >= 0.3 is 12.2 Å². The molecule has 8 nitrogen and oxygen atoms in total. The number of amides is 2. The number of hydrogen-bond donors (Lipinski definition) is 2. The van der Waals surface area contributed by atoms with Gasteiger partial charge < -0.3 is 29.7 Å². The molecule has 1 atom stereocenters. The lowest BCUT2D eigenvalue weighted by molar-refractivity contribution is 0.164. The summed E-state index contributed by atoms with van der Waals surface area (Å²) in [5.41, 5.74) is 0.471. The van der Waals surface area contributed by atoms with Gasteiger partial charge in [0.15, 0.2) is 0 Å². The van der Waals surface area contributed by atoms with Crippen molar-refractivity contribution in [3.05, 3.63) is 23.8 Å². The van der Waals surface area contributed by atoms with E-state index < -0.39 is 18.3 Å². The summed E-state index contributed by atoms with van der Waals surface area (Å²) in [7, 11) is 6.22. The highest BCUT2D eigenvalue weighted by Crippen LogP contribution is 2.27. The van der Waals surface area contributed by atoms with Gasteiger partial charge in [-0.1, -0.05) is 13.8 Å². The van der Waals surface area contributed by atoms with Gasteiger partial charge in [-0.2, -0.15) is 0 Å². The summed E-state index contributed by atoms with van der Waals surface area (Å²) < 4.78 is 10.5. The summed E-state index contributed by atoms with van der Waals surface area (Å²) in [6.07, 6.45) is -1.99. The van der Waals surface area contributed by atoms with Crippen molar-refractivity contribution in [1.82, 2.24) is 15.1 Å². The van der Waals surface area contributed by atoms with Crippen molar-refractivity contribution in [2.75, 3.05) is 34.7 Å². The van der Waals surface area contributed by atoms with Gasteiger partial charge in [0, 0.05) is 46.8 Å². The third-order valence-corrected chi connectivity index (χ3v) is 3.15. The number of benzene rings is 1. The van der Waals surface area contributed by atoms with E-state index in [9.17, 15) is 14.7 Å². The molecule has 25 heavy (non-hydrogen) atoms. The molecule has 8 heteroatoms. The number of ether oxygens (including phenoxy) is 2. The normalized spacial score (nSPS) is 11.8. The number of carbonyl (C=O) groups excluding carboxylic acids is 2. The van der Waals surface area contributed by atoms with Crippen molar-refractivity contribution in [3.63, 3.8) is 0 Å². The van der Waals surface area contributed by atoms with Gasteiger partial charge in [0.05, 0.1) is 6.10 Å². The lowest BCUT2D eigenvalue weighted by Gasteiger charge is -2.18. The Morgan fingerprint density at radius 3 is 1.80 bits per heavy atom. The van der Waals surface area contributed by atoms with Gasteiger partial charge in [-0.25, -0.2) is 9.59 Å². The Kier molecular flexibility index (Phi) is 7.66. The molecule has 1 rings (SSSR count). The minimum absolute atomic E-state index is 0.182. The van der Waals surface area contributed by atoms with Crippen molar-refractivity contribution in [2.45, 2.75) is 26.0 Å². The van der Waals surface area contributed by atoms with E-state index in [2.05, 4.69) is 5.32 Å². The van der Waals surface area contributed by atoms with Crippen LogP contribution in [0.3, 0.4) is 0 Å². The monoisotopic (exact) mass is 353 g/mol. The second-order valence-electron chi connectivity index (χ2n) is 6.34. The Bertz CT molecular complexity index is 562. The predicted octanol–water partition coefficient (Wildman–Crippen LogP) is 1.84. The molecule has 2 N–H and O–H groups in total. The van der Waals surface area contributed by atoms with Crippen molar-refractivity contribution < 1.29 is 24.2 Å². The maximum atomic E-state index is 11.8. The van der Waals surface area contributed by atoms with E-state index in [-0.39, 0.29) is 17.5 Å². The van der Waals surface area contributed by atoms with Crippen LogP contribution in [0, 0.1) is 0 Å². The molecule has 0 fully saturated rings. The topological polar surface area (TPSA) is 91.3 Å². The van der Waals surface area contributed by atoms with Gasteiger partial charge in [0.1, 0.15) is 11.5 Å². The Labute approximate surface area is 148 Å². The zero-order valence-corrected chi connectivity index (χ0v) is 15.6. The maximum absolute atomic E-state index is 11.8. The molecule has 0 aliphatic heterocycles. The predicted molar refractivity (Wildman–Crippen MR) is 94.0 cm³/mol. The summed E-state index contributed by atoms with van der Waals surface area (Å²) >= 11 is 0. The van der Waals surface area contributed by atoms with Crippen LogP contribution in [0.25, 0.3) is 0 Å². The number of nitrogens with one attached hydrogen (secondary N) is 1. The Hall–Kier alpha value is -2.32. The quantitative estimate of drug-likeness (QED) is 0.811. The number of hydrogen-bond acceptors (Lipinski definition) is 6. The third kappa shape index (κ3) is 6.98. The number of nitrogens with zero attached hydrogens (tertiary/aromatic N) is 2. The summed E-state index contributed by atoms with van der Waals surface area (Å²) in [6.45, 7) is 4.24. The van der Waals surface area contributed by atoms with Gasteiger partial charge in [-0.15, -0.1) is 0 Å². The Morgan fingerprint density at radius 1 is 1.00 bits per heavy atom. The van der Waals surface area contributed by atoms with E-state index in [1.807, 2.05) is 13.8 Å². The smallest absolute Gasteiger partial charge is 0.410 e. The van der Waals surface area contributed by atoms with Crippen LogP contribution in [0.1, 0.15) is 25.5 Å². The van der Waals surface area contributed by atoms with E-state index in [1.54, 1.807) is 40.3 Å². The van der Waals surface area contributed by atoms with Crippen molar-refractivity contribution in [1.29, 1.82) is 0 Å². The Morgan fingerprint density at radius 2 is 1.44 bits per heavy atom. The first-order valence-electron chi connectivity index (χ1n) is 7.94. The molecule has 0 bridgehead atoms. The minimum atomic E-state index is -0.850. The molecular formula is C17H27N3O5. The van der Waals surface area contributed by atoms with Gasteiger partial charge in [0.2, 0.25) is 0 Å². The van der Waals surface area contributed by atoms with Crippen LogP contribution in [0.5, 0.6) is 11.5 Å². The van der Waals surface area contributed by atoms with E-state index in [1.165, 1.54) is 15.9 Å². The number of rotatable bonds is 6. The summed E-state index contributed by atoms with van der Waals surface area (Å²) in [5, 5.41) is 13.5. The van der Waals surface area contributed by atoms with Crippen LogP contribution < -0.4 is 14.8 Å². The van der Waals surface area contributed by atoms with E-state index in [4.69, 9.17) is 9.47 Å². The first-order valence-corrected chi connectivity index (χ1v) is 7.94. The highest BCUT2D eigenvalue weighted by atomic mass is 16.6. The summed E-state index contributed by atoms with van der Waals surface area (Å²) in [5.74, 6) is 0.364. The fraction of sp³-hybridized carbons (Fsp3) is 0.529. The highest BCUT2D eigenvalue weighted by molar-refractivity contribution is 5.72. The van der Waals surface area contributed by atoms with Crippen LogP contribution in [0.4, 0.5) is 9.59 Å². The number of aliphatic hydroxyl groups excluding tert-OH is 1. The highest BCUT2D eigenvalue weighted by Gasteiger charge is 2.16. The molecule has 0 aliphatic rings. The third-order valence-electron chi connectivity index (χ3n) is 3.15. The van der Waals surface area contributed by atoms with Crippen LogP contribution in [-0.4, -0.2) is 67.9 Å². The standard InChI is InChI=1S/C17H27N3O5/c1-11(2)18-10-15(21)12-7-13(24-16(22)19(3)4)9-14(8-12)25-17(23)20(5)6/h7-9,11,15,18,21H,10H2,1-6H3. The average Bonchev–Trinajstić information content (AvgIpc) is 2.51. The molecule has 0 aromatic heterocycles. The molecule has 0 saturated carbocycles. The van der Waals surface area contributed by atoms with Crippen molar-refractivity contribution in [3.8, 4) is 11.5 Å². The van der Waals surface area contributed by atoms with Crippen LogP contribution in [0.15, 0.2) is 18.2 Å². The van der Waals surface area contributed by atoms with Crippen molar-refractivity contribution in [2.24, 2.45) is 0 Å². The molecular weight excluding hydrogens is 326 g/mol. The van der Waals surface area contributed by atoms with E-state index >= 15 is 0 Å². The van der Waals surface area contributed by atoms with Gasteiger partial charge in [-0.3, -0.25) is 0 Å². The largest absolute Gasteiger partial charge is 0.414 e. The van der Waals surface area contributed by atoms with Crippen molar-refractivity contribution >= 4 is 12.2 Å². The molecule has 0 heterocycles. The molecule has 140 valence electrons. The molecule has 0 radical (unpaired) electrons. The molecule has 0 aliphatic carbocycles. The molecule has 1 aromatic carbocycles. The Balaban J connectivity index is 3.08. The van der Waals surface area contributed by atoms with Gasteiger partial charge in [-0.05, 0) is 17.7 Å². The van der Waals surface area contributed by atoms with Crippen LogP contribution in [-0.2, 0) is 0 Å².